The molecule has 0 aliphatic rings. The molecule has 0 bridgehead atoms. The second kappa shape index (κ2) is 5.70. The maximum atomic E-state index is 10.8. The second-order valence-electron chi connectivity index (χ2n) is 2.04. The van der Waals surface area contributed by atoms with Crippen LogP contribution in [0.2, 0.25) is 0 Å². The number of rotatable bonds is 5. The molecule has 0 aromatic rings. The molecule has 1 unspecified atom stereocenters. The lowest BCUT2D eigenvalue weighted by Crippen LogP contribution is -2.23. The smallest absolute Gasteiger partial charge is 0.347 e. The predicted molar refractivity (Wildman–Crippen MR) is 37.9 cm³/mol. The van der Waals surface area contributed by atoms with Crippen molar-refractivity contribution in [2.75, 3.05) is 6.61 Å². The number of ether oxygens (including phenoxy) is 2. The van der Waals surface area contributed by atoms with Gasteiger partial charge in [-0.05, 0) is 13.3 Å². The number of carbonyl (C=O) groups excluding carboxylic acids is 2. The first-order valence-corrected chi connectivity index (χ1v) is 3.48. The van der Waals surface area contributed by atoms with Crippen molar-refractivity contribution in [3.8, 4) is 0 Å². The van der Waals surface area contributed by atoms with Crippen LogP contribution in [0.3, 0.4) is 0 Å². The Morgan fingerprint density at radius 2 is 2.27 bits per heavy atom. The number of hydrogen-bond acceptors (Lipinski definition) is 4. The minimum atomic E-state index is -0.793. The van der Waals surface area contributed by atoms with Gasteiger partial charge in [0.05, 0.1) is 6.61 Å². The van der Waals surface area contributed by atoms with Crippen molar-refractivity contribution < 1.29 is 19.1 Å². The van der Waals surface area contributed by atoms with E-state index in [1.54, 1.807) is 0 Å². The van der Waals surface area contributed by atoms with Crippen molar-refractivity contribution in [1.82, 2.24) is 0 Å². The van der Waals surface area contributed by atoms with Crippen LogP contribution < -0.4 is 0 Å². The molecule has 0 fully saturated rings. The third-order valence-corrected chi connectivity index (χ3v) is 1.04. The van der Waals surface area contributed by atoms with Gasteiger partial charge in [0.15, 0.2) is 6.10 Å². The fraction of sp³-hybridized carbons (Fsp3) is 0.714. The monoisotopic (exact) mass is 160 g/mol. The molecule has 0 aromatic heterocycles. The van der Waals surface area contributed by atoms with Crippen molar-refractivity contribution in [2.24, 2.45) is 0 Å². The Morgan fingerprint density at radius 3 is 2.73 bits per heavy atom. The van der Waals surface area contributed by atoms with E-state index in [4.69, 9.17) is 0 Å². The van der Waals surface area contributed by atoms with Gasteiger partial charge >= 0.3 is 5.97 Å². The lowest BCUT2D eigenvalue weighted by molar-refractivity contribution is -0.160. The molecule has 0 saturated heterocycles. The molecule has 0 aromatic carbocycles. The number of hydrogen-bond donors (Lipinski definition) is 0. The number of esters is 1. The maximum Gasteiger partial charge on any atom is 0.347 e. The van der Waals surface area contributed by atoms with Crippen molar-refractivity contribution in [3.05, 3.63) is 0 Å². The third-order valence-electron chi connectivity index (χ3n) is 1.04. The molecule has 0 amide bonds. The fourth-order valence-corrected chi connectivity index (χ4v) is 0.459. The largest absolute Gasteiger partial charge is 0.463 e. The Hall–Kier alpha value is -1.06. The van der Waals surface area contributed by atoms with Crippen LogP contribution in [0.1, 0.15) is 20.3 Å². The molecule has 1 atom stereocenters. The summed E-state index contributed by atoms with van der Waals surface area (Å²) >= 11 is 0. The van der Waals surface area contributed by atoms with Crippen LogP contribution >= 0.6 is 0 Å². The average molecular weight is 160 g/mol. The zero-order valence-electron chi connectivity index (χ0n) is 6.70. The molecule has 0 heterocycles. The van der Waals surface area contributed by atoms with E-state index in [1.165, 1.54) is 6.92 Å². The van der Waals surface area contributed by atoms with Crippen LogP contribution in [0.15, 0.2) is 0 Å². The summed E-state index contributed by atoms with van der Waals surface area (Å²) < 4.78 is 9.03. The Morgan fingerprint density at radius 1 is 1.64 bits per heavy atom. The minimum absolute atomic E-state index is 0.234. The quantitative estimate of drug-likeness (QED) is 0.434. The molecule has 0 radical (unpaired) electrons. The summed E-state index contributed by atoms with van der Waals surface area (Å²) in [6, 6.07) is 0. The molecule has 4 nitrogen and oxygen atoms in total. The van der Waals surface area contributed by atoms with Crippen molar-refractivity contribution in [2.45, 2.75) is 26.4 Å². The first-order chi connectivity index (χ1) is 5.22. The molecular weight excluding hydrogens is 148 g/mol. The van der Waals surface area contributed by atoms with Gasteiger partial charge in [-0.15, -0.1) is 0 Å². The Labute approximate surface area is 65.5 Å². The normalized spacial score (nSPS) is 11.8. The van der Waals surface area contributed by atoms with Gasteiger partial charge in [-0.3, -0.25) is 4.79 Å². The standard InChI is InChI=1S/C7H12O4/c1-3-4-10-7(9)6(2)11-5-8/h5-6H,3-4H2,1-2H3. The fourth-order valence-electron chi connectivity index (χ4n) is 0.459. The number of carbonyl (C=O) groups is 2. The second-order valence-corrected chi connectivity index (χ2v) is 2.04. The summed E-state index contributed by atoms with van der Waals surface area (Å²) in [4.78, 5) is 20.5. The average Bonchev–Trinajstić information content (AvgIpc) is 2.00. The van der Waals surface area contributed by atoms with Crippen molar-refractivity contribution in [3.63, 3.8) is 0 Å². The summed E-state index contributed by atoms with van der Waals surface area (Å²) in [5.74, 6) is -0.501. The highest BCUT2D eigenvalue weighted by atomic mass is 16.6. The first-order valence-electron chi connectivity index (χ1n) is 3.48. The lowest BCUT2D eigenvalue weighted by atomic mass is 10.4. The SMILES string of the molecule is CCCOC(=O)C(C)OC=O. The van der Waals surface area contributed by atoms with Crippen molar-refractivity contribution >= 4 is 12.4 Å². The van der Waals surface area contributed by atoms with E-state index in [2.05, 4.69) is 9.47 Å². The third kappa shape index (κ3) is 4.36. The first kappa shape index (κ1) is 9.94. The van der Waals surface area contributed by atoms with Crippen LogP contribution in [0.5, 0.6) is 0 Å². The molecule has 0 N–H and O–H groups in total. The molecule has 0 aliphatic carbocycles. The van der Waals surface area contributed by atoms with E-state index >= 15 is 0 Å². The van der Waals surface area contributed by atoms with Gasteiger partial charge in [-0.2, -0.15) is 0 Å². The van der Waals surface area contributed by atoms with Crippen LogP contribution in [-0.4, -0.2) is 25.2 Å². The van der Waals surface area contributed by atoms with Crippen molar-refractivity contribution in [1.29, 1.82) is 0 Å². The molecule has 4 heteroatoms. The van der Waals surface area contributed by atoms with Crippen LogP contribution in [0, 0.1) is 0 Å². The Kier molecular flexibility index (Phi) is 5.15. The summed E-state index contributed by atoms with van der Waals surface area (Å²) in [6.45, 7) is 3.95. The molecular formula is C7H12O4. The molecule has 0 spiro atoms. The van der Waals surface area contributed by atoms with E-state index in [9.17, 15) is 9.59 Å². The van der Waals surface area contributed by atoms with Gasteiger partial charge in [-0.25, -0.2) is 4.79 Å². The maximum absolute atomic E-state index is 10.8. The van der Waals surface area contributed by atoms with E-state index in [-0.39, 0.29) is 6.47 Å². The van der Waals surface area contributed by atoms with Crippen LogP contribution in [0.4, 0.5) is 0 Å². The Bertz CT molecular complexity index is 132. The van der Waals surface area contributed by atoms with E-state index in [0.717, 1.165) is 6.42 Å². The molecule has 64 valence electrons. The summed E-state index contributed by atoms with van der Waals surface area (Å²) in [5, 5.41) is 0. The van der Waals surface area contributed by atoms with Gasteiger partial charge in [0.2, 0.25) is 0 Å². The molecule has 0 saturated carbocycles. The van der Waals surface area contributed by atoms with Crippen LogP contribution in [-0.2, 0) is 19.1 Å². The Balaban J connectivity index is 3.54. The summed E-state index contributed by atoms with van der Waals surface area (Å²) in [5.41, 5.74) is 0. The summed E-state index contributed by atoms with van der Waals surface area (Å²) in [7, 11) is 0. The van der Waals surface area contributed by atoms with E-state index in [1.807, 2.05) is 6.92 Å². The predicted octanol–water partition coefficient (Wildman–Crippen LogP) is 0.501. The van der Waals surface area contributed by atoms with E-state index < -0.39 is 12.1 Å². The topological polar surface area (TPSA) is 52.6 Å². The highest BCUT2D eigenvalue weighted by molar-refractivity contribution is 5.75. The lowest BCUT2D eigenvalue weighted by Gasteiger charge is -2.07. The van der Waals surface area contributed by atoms with Crippen LogP contribution in [0.25, 0.3) is 0 Å². The highest BCUT2D eigenvalue weighted by Crippen LogP contribution is 1.92. The molecule has 11 heavy (non-hydrogen) atoms. The molecule has 0 rings (SSSR count). The van der Waals surface area contributed by atoms with Gasteiger partial charge in [0, 0.05) is 0 Å². The highest BCUT2D eigenvalue weighted by Gasteiger charge is 2.13. The zero-order valence-corrected chi connectivity index (χ0v) is 6.70. The van der Waals surface area contributed by atoms with Gasteiger partial charge in [0.1, 0.15) is 0 Å². The minimum Gasteiger partial charge on any atom is -0.463 e. The molecule has 0 aliphatic heterocycles. The van der Waals surface area contributed by atoms with E-state index in [0.29, 0.717) is 6.61 Å². The van der Waals surface area contributed by atoms with Gasteiger partial charge < -0.3 is 9.47 Å². The van der Waals surface area contributed by atoms with Gasteiger partial charge in [-0.1, -0.05) is 6.92 Å². The summed E-state index contributed by atoms with van der Waals surface area (Å²) in [6.07, 6.45) is -0.0291. The van der Waals surface area contributed by atoms with Gasteiger partial charge in [0.25, 0.3) is 6.47 Å². The zero-order chi connectivity index (χ0) is 8.69.